The van der Waals surface area contributed by atoms with Crippen molar-refractivity contribution in [3.05, 3.63) is 0 Å². The highest BCUT2D eigenvalue weighted by Gasteiger charge is 2.49. The van der Waals surface area contributed by atoms with Crippen LogP contribution in [0.2, 0.25) is 90.7 Å². The van der Waals surface area contributed by atoms with Crippen molar-refractivity contribution in [2.45, 2.75) is 135 Å². The number of ether oxygens (including phenoxy) is 3. The van der Waals surface area contributed by atoms with E-state index in [1.54, 1.807) is 0 Å². The van der Waals surface area contributed by atoms with E-state index in [2.05, 4.69) is 85.5 Å². The third kappa shape index (κ3) is 31.6. The third-order valence-electron chi connectivity index (χ3n) is 6.27. The van der Waals surface area contributed by atoms with Gasteiger partial charge in [-0.1, -0.05) is 13.3 Å². The van der Waals surface area contributed by atoms with Crippen LogP contribution in [0.15, 0.2) is 0 Å². The molecule has 0 amide bonds. The maximum Gasteiger partial charge on any atom is 0.317 e. The molecular formula is C30H76O15Si6. The highest BCUT2D eigenvalue weighted by Crippen LogP contribution is 2.32. The Kier molecular flexibility index (Phi) is 27.2. The molecule has 0 aromatic heterocycles. The zero-order valence-corrected chi connectivity index (χ0v) is 39.9. The maximum atomic E-state index is 10.2. The van der Waals surface area contributed by atoms with Crippen LogP contribution >= 0.6 is 0 Å². The van der Waals surface area contributed by atoms with E-state index in [4.69, 9.17) is 55.2 Å². The largest absolute Gasteiger partial charge is 0.437 e. The first-order valence-corrected chi connectivity index (χ1v) is 35.4. The van der Waals surface area contributed by atoms with E-state index < -0.39 is 81.9 Å². The van der Waals surface area contributed by atoms with Gasteiger partial charge in [-0.05, 0) is 97.1 Å². The Balaban J connectivity index is 0. The number of rotatable bonds is 29. The third-order valence-corrected chi connectivity index (χ3v) is 28.6. The lowest BCUT2D eigenvalue weighted by Crippen LogP contribution is -2.61. The first-order valence-electron chi connectivity index (χ1n) is 17.9. The molecule has 15 nitrogen and oxygen atoms in total. The molecule has 0 bridgehead atoms. The van der Waals surface area contributed by atoms with Gasteiger partial charge >= 0.3 is 34.2 Å². The van der Waals surface area contributed by atoms with Gasteiger partial charge in [-0.25, -0.2) is 0 Å². The van der Waals surface area contributed by atoms with E-state index >= 15 is 0 Å². The molecule has 0 radical (unpaired) electrons. The molecule has 0 aliphatic heterocycles. The second-order valence-electron chi connectivity index (χ2n) is 16.0. The van der Waals surface area contributed by atoms with Crippen LogP contribution in [-0.4, -0.2) is 171 Å². The molecule has 7 N–H and O–H groups in total. The van der Waals surface area contributed by atoms with Crippen molar-refractivity contribution in [3.8, 4) is 0 Å². The van der Waals surface area contributed by atoms with Crippen LogP contribution < -0.4 is 0 Å². The molecule has 0 spiro atoms. The number of hydrogen-bond acceptors (Lipinski definition) is 15. The van der Waals surface area contributed by atoms with Crippen LogP contribution in [0.4, 0.5) is 0 Å². The zero-order chi connectivity index (χ0) is 40.2. The Morgan fingerprint density at radius 3 is 1.22 bits per heavy atom. The fourth-order valence-corrected chi connectivity index (χ4v) is 34.4. The predicted octanol–water partition coefficient (Wildman–Crippen LogP) is 2.54. The minimum atomic E-state index is -2.68. The van der Waals surface area contributed by atoms with Gasteiger partial charge in [-0.2, -0.15) is 0 Å². The van der Waals surface area contributed by atoms with Crippen molar-refractivity contribution < 1.29 is 70.5 Å². The van der Waals surface area contributed by atoms with Crippen LogP contribution in [0.1, 0.15) is 19.8 Å². The molecule has 5 unspecified atom stereocenters. The second kappa shape index (κ2) is 25.8. The van der Waals surface area contributed by atoms with Crippen molar-refractivity contribution in [3.63, 3.8) is 0 Å². The van der Waals surface area contributed by atoms with Crippen LogP contribution in [0.5, 0.6) is 0 Å². The molecule has 0 aromatic rings. The molecule has 51 heavy (non-hydrogen) atoms. The summed E-state index contributed by atoms with van der Waals surface area (Å²) >= 11 is 0. The maximum absolute atomic E-state index is 10.2. The number of aliphatic hydroxyl groups is 7. The Bertz CT molecular complexity index is 880. The standard InChI is InChI=1S/C27H68O12Si6.C3H8O3/c1-14-17-44(12,38-43(10,11)37-42(8,9)35-40(2,3)4)39-45(13,36-41(5,6)7)18-15-16-32-21-26(30)22-34-24-27(31)23-33-20-25(29)19-28;4-1-3(6)2-5/h25-31H,14-24H2,1-13H3;3-6H,1-2H2. The fraction of sp³-hybridized carbons (Fsp3) is 1.00. The van der Waals surface area contributed by atoms with Gasteiger partial charge in [0.15, 0.2) is 16.6 Å². The molecule has 0 aliphatic rings. The zero-order valence-electron chi connectivity index (χ0n) is 33.9. The minimum absolute atomic E-state index is 0.00728. The molecule has 310 valence electrons. The Morgan fingerprint density at radius 2 is 0.824 bits per heavy atom. The lowest BCUT2D eigenvalue weighted by molar-refractivity contribution is -0.0674. The first kappa shape index (κ1) is 53.8. The molecular weight excluding hydrogens is 769 g/mol. The SMILES string of the molecule is CCC[Si](C)(O[Si](C)(C)O[Si](C)(C)O[Si](C)(C)C)O[Si](C)(CCCOCC(O)COCC(O)COCC(O)CO)O[Si](C)(C)C.OCC(O)CO. The number of hydrogen-bond donors (Lipinski definition) is 7. The highest BCUT2D eigenvalue weighted by molar-refractivity contribution is 6.91. The Hall–Kier alpha value is 0.701. The minimum Gasteiger partial charge on any atom is -0.437 e. The van der Waals surface area contributed by atoms with Gasteiger partial charge in [-0.3, -0.25) is 0 Å². The summed E-state index contributed by atoms with van der Waals surface area (Å²) in [6.07, 6.45) is -2.03. The van der Waals surface area contributed by atoms with Crippen molar-refractivity contribution >= 4 is 50.9 Å². The van der Waals surface area contributed by atoms with Crippen LogP contribution in [0.25, 0.3) is 0 Å². The number of aliphatic hydroxyl groups excluding tert-OH is 7. The van der Waals surface area contributed by atoms with Crippen molar-refractivity contribution in [2.75, 3.05) is 59.5 Å². The van der Waals surface area contributed by atoms with Gasteiger partial charge in [0.05, 0.1) is 52.9 Å². The predicted molar refractivity (Wildman–Crippen MR) is 213 cm³/mol. The van der Waals surface area contributed by atoms with Crippen LogP contribution in [0, 0.1) is 0 Å². The molecule has 5 atom stereocenters. The van der Waals surface area contributed by atoms with E-state index in [9.17, 15) is 15.3 Å². The monoisotopic (exact) mass is 844 g/mol. The highest BCUT2D eigenvalue weighted by atomic mass is 28.5. The normalized spacial score (nSPS) is 17.4. The van der Waals surface area contributed by atoms with E-state index in [0.29, 0.717) is 13.0 Å². The summed E-state index contributed by atoms with van der Waals surface area (Å²) in [7, 11) is -14.0. The molecule has 0 aliphatic carbocycles. The lowest BCUT2D eigenvalue weighted by Gasteiger charge is -2.44. The average Bonchev–Trinajstić information content (AvgIpc) is 2.93. The Morgan fingerprint density at radius 1 is 0.431 bits per heavy atom. The molecule has 0 rings (SSSR count). The van der Waals surface area contributed by atoms with Crippen LogP contribution in [-0.2, 0) is 34.8 Å². The van der Waals surface area contributed by atoms with Gasteiger partial charge in [-0.15, -0.1) is 0 Å². The molecule has 0 saturated heterocycles. The van der Waals surface area contributed by atoms with E-state index in [-0.39, 0.29) is 46.2 Å². The van der Waals surface area contributed by atoms with Gasteiger partial charge in [0, 0.05) is 6.61 Å². The Labute approximate surface area is 314 Å². The second-order valence-corrected chi connectivity index (χ2v) is 39.6. The van der Waals surface area contributed by atoms with Gasteiger partial charge in [0.2, 0.25) is 0 Å². The molecule has 0 aromatic carbocycles. The van der Waals surface area contributed by atoms with Crippen LogP contribution in [0.3, 0.4) is 0 Å². The van der Waals surface area contributed by atoms with E-state index in [0.717, 1.165) is 18.5 Å². The topological polar surface area (TPSA) is 215 Å². The summed E-state index contributed by atoms with van der Waals surface area (Å²) < 4.78 is 50.1. The first-order chi connectivity index (χ1) is 23.1. The summed E-state index contributed by atoms with van der Waals surface area (Å²) in [5, 5.41) is 62.2. The summed E-state index contributed by atoms with van der Waals surface area (Å²) in [4.78, 5) is 0. The lowest BCUT2D eigenvalue weighted by atomic mass is 10.4. The molecule has 0 fully saturated rings. The van der Waals surface area contributed by atoms with E-state index in [1.807, 2.05) is 0 Å². The summed E-state index contributed by atoms with van der Waals surface area (Å²) in [6, 6.07) is 1.58. The van der Waals surface area contributed by atoms with Crippen molar-refractivity contribution in [1.82, 2.24) is 0 Å². The summed E-state index contributed by atoms with van der Waals surface area (Å²) in [6.45, 7) is 27.2. The van der Waals surface area contributed by atoms with Gasteiger partial charge < -0.3 is 70.5 Å². The fourth-order valence-electron chi connectivity index (χ4n) is 5.30. The molecule has 0 heterocycles. The van der Waals surface area contributed by atoms with Crippen molar-refractivity contribution in [2.24, 2.45) is 0 Å². The molecule has 0 saturated carbocycles. The quantitative estimate of drug-likeness (QED) is 0.0426. The smallest absolute Gasteiger partial charge is 0.317 e. The van der Waals surface area contributed by atoms with E-state index in [1.165, 1.54) is 0 Å². The van der Waals surface area contributed by atoms with Gasteiger partial charge in [0.1, 0.15) is 24.4 Å². The summed E-state index contributed by atoms with van der Waals surface area (Å²) in [5.74, 6) is 0. The van der Waals surface area contributed by atoms with Gasteiger partial charge in [0.25, 0.3) is 0 Å². The average molecular weight is 845 g/mol. The summed E-state index contributed by atoms with van der Waals surface area (Å²) in [5.41, 5.74) is 0. The molecule has 21 heteroatoms. The van der Waals surface area contributed by atoms with Crippen molar-refractivity contribution in [1.29, 1.82) is 0 Å².